The monoisotopic (exact) mass is 225 g/mol. The second kappa shape index (κ2) is 6.22. The molecule has 0 fully saturated rings. The van der Waals surface area contributed by atoms with Gasteiger partial charge in [0.05, 0.1) is 11.9 Å². The average molecular weight is 225 g/mol. The third-order valence-corrected chi connectivity index (χ3v) is 2.36. The molecule has 0 saturated carbocycles. The third kappa shape index (κ3) is 3.30. The van der Waals surface area contributed by atoms with Crippen molar-refractivity contribution in [1.29, 1.82) is 0 Å². The summed E-state index contributed by atoms with van der Waals surface area (Å²) in [5.41, 5.74) is 0.842. The number of hydrogen-bond acceptors (Lipinski definition) is 4. The summed E-state index contributed by atoms with van der Waals surface area (Å²) in [6.07, 6.45) is 1.79. The molecule has 0 radical (unpaired) electrons. The highest BCUT2D eigenvalue weighted by Gasteiger charge is 2.11. The van der Waals surface area contributed by atoms with Gasteiger partial charge in [0.2, 0.25) is 5.91 Å². The van der Waals surface area contributed by atoms with E-state index < -0.39 is 0 Å². The first-order valence-corrected chi connectivity index (χ1v) is 5.52. The topological polar surface area (TPSA) is 63.1 Å². The zero-order valence-corrected chi connectivity index (χ0v) is 10.1. The Kier molecular flexibility index (Phi) is 4.91. The molecule has 90 valence electrons. The zero-order chi connectivity index (χ0) is 12.0. The number of carbonyl (C=O) groups excluding carboxylic acids is 1. The van der Waals surface area contributed by atoms with Gasteiger partial charge in [-0.3, -0.25) is 4.79 Å². The molecular weight excluding hydrogens is 206 g/mol. The number of hydrogen-bond donors (Lipinski definition) is 1. The molecule has 0 saturated heterocycles. The molecule has 1 heterocycles. The summed E-state index contributed by atoms with van der Waals surface area (Å²) >= 11 is 0. The molecule has 0 aliphatic heterocycles. The standard InChI is InChI=1S/C10H19N5O/c1-4-14(5-2)10(16)8-15-7-9(6-11-3)12-13-15/h7,11H,4-6,8H2,1-3H3. The Balaban J connectivity index is 2.55. The van der Waals surface area contributed by atoms with Crippen LogP contribution >= 0.6 is 0 Å². The van der Waals surface area contributed by atoms with Crippen LogP contribution in [0.5, 0.6) is 0 Å². The zero-order valence-electron chi connectivity index (χ0n) is 10.1. The predicted molar refractivity (Wildman–Crippen MR) is 60.7 cm³/mol. The van der Waals surface area contributed by atoms with Crippen LogP contribution in [0.2, 0.25) is 0 Å². The SMILES string of the molecule is CCN(CC)C(=O)Cn1cc(CNC)nn1. The van der Waals surface area contributed by atoms with E-state index in [4.69, 9.17) is 0 Å². The van der Waals surface area contributed by atoms with Crippen LogP contribution in [-0.4, -0.2) is 45.9 Å². The molecule has 6 heteroatoms. The number of nitrogens with zero attached hydrogens (tertiary/aromatic N) is 4. The van der Waals surface area contributed by atoms with E-state index in [1.807, 2.05) is 20.9 Å². The van der Waals surface area contributed by atoms with Crippen molar-refractivity contribution in [1.82, 2.24) is 25.2 Å². The highest BCUT2D eigenvalue weighted by molar-refractivity contribution is 5.75. The van der Waals surface area contributed by atoms with Crippen molar-refractivity contribution in [3.05, 3.63) is 11.9 Å². The van der Waals surface area contributed by atoms with E-state index >= 15 is 0 Å². The first kappa shape index (κ1) is 12.6. The number of likely N-dealkylation sites (N-methyl/N-ethyl adjacent to an activating group) is 1. The van der Waals surface area contributed by atoms with Gasteiger partial charge >= 0.3 is 0 Å². The summed E-state index contributed by atoms with van der Waals surface area (Å²) in [4.78, 5) is 13.5. The fourth-order valence-corrected chi connectivity index (χ4v) is 1.49. The summed E-state index contributed by atoms with van der Waals surface area (Å²) in [6, 6.07) is 0. The van der Waals surface area contributed by atoms with Gasteiger partial charge in [-0.15, -0.1) is 5.10 Å². The fourth-order valence-electron chi connectivity index (χ4n) is 1.49. The third-order valence-electron chi connectivity index (χ3n) is 2.36. The normalized spacial score (nSPS) is 10.4. The Morgan fingerprint density at radius 3 is 2.75 bits per heavy atom. The van der Waals surface area contributed by atoms with Crippen molar-refractivity contribution in [3.63, 3.8) is 0 Å². The van der Waals surface area contributed by atoms with E-state index in [1.54, 1.807) is 15.8 Å². The van der Waals surface area contributed by atoms with Gasteiger partial charge in [-0.25, -0.2) is 4.68 Å². The van der Waals surface area contributed by atoms with Crippen LogP contribution in [-0.2, 0) is 17.9 Å². The summed E-state index contributed by atoms with van der Waals surface area (Å²) in [5, 5.41) is 10.8. The van der Waals surface area contributed by atoms with Crippen molar-refractivity contribution in [2.45, 2.75) is 26.9 Å². The minimum Gasteiger partial charge on any atom is -0.342 e. The van der Waals surface area contributed by atoms with Gasteiger partial charge in [-0.2, -0.15) is 0 Å². The lowest BCUT2D eigenvalue weighted by Crippen LogP contribution is -2.33. The van der Waals surface area contributed by atoms with Crippen LogP contribution < -0.4 is 5.32 Å². The second-order valence-corrected chi connectivity index (χ2v) is 3.50. The van der Waals surface area contributed by atoms with E-state index in [9.17, 15) is 4.79 Å². The number of aromatic nitrogens is 3. The smallest absolute Gasteiger partial charge is 0.244 e. The Morgan fingerprint density at radius 2 is 2.19 bits per heavy atom. The van der Waals surface area contributed by atoms with Crippen LogP contribution in [0.3, 0.4) is 0 Å². The largest absolute Gasteiger partial charge is 0.342 e. The van der Waals surface area contributed by atoms with E-state index in [-0.39, 0.29) is 12.5 Å². The summed E-state index contributed by atoms with van der Waals surface area (Å²) < 4.78 is 1.58. The van der Waals surface area contributed by atoms with Gasteiger partial charge in [-0.1, -0.05) is 5.21 Å². The lowest BCUT2D eigenvalue weighted by molar-refractivity contribution is -0.131. The van der Waals surface area contributed by atoms with Crippen molar-refractivity contribution in [2.24, 2.45) is 0 Å². The number of rotatable bonds is 6. The Hall–Kier alpha value is -1.43. The molecule has 0 bridgehead atoms. The molecule has 1 amide bonds. The Labute approximate surface area is 95.6 Å². The van der Waals surface area contributed by atoms with E-state index in [0.29, 0.717) is 6.54 Å². The molecule has 16 heavy (non-hydrogen) atoms. The molecule has 0 aliphatic carbocycles. The molecule has 1 N–H and O–H groups in total. The number of nitrogens with one attached hydrogen (secondary N) is 1. The maximum Gasteiger partial charge on any atom is 0.244 e. The van der Waals surface area contributed by atoms with Gasteiger partial charge in [0.15, 0.2) is 0 Å². The van der Waals surface area contributed by atoms with E-state index in [0.717, 1.165) is 18.8 Å². The first-order valence-electron chi connectivity index (χ1n) is 5.52. The summed E-state index contributed by atoms with van der Waals surface area (Å²) in [7, 11) is 1.85. The van der Waals surface area contributed by atoms with Gasteiger partial charge in [-0.05, 0) is 20.9 Å². The molecular formula is C10H19N5O. The lowest BCUT2D eigenvalue weighted by Gasteiger charge is -2.17. The number of amides is 1. The average Bonchev–Trinajstić information content (AvgIpc) is 2.68. The maximum atomic E-state index is 11.8. The van der Waals surface area contributed by atoms with Gasteiger partial charge in [0.25, 0.3) is 0 Å². The van der Waals surface area contributed by atoms with Crippen LogP contribution in [0.25, 0.3) is 0 Å². The second-order valence-electron chi connectivity index (χ2n) is 3.50. The first-order chi connectivity index (χ1) is 7.71. The highest BCUT2D eigenvalue weighted by atomic mass is 16.2. The Bertz CT molecular complexity index is 332. The van der Waals surface area contributed by atoms with Crippen molar-refractivity contribution in [3.8, 4) is 0 Å². The molecule has 1 aromatic heterocycles. The molecule has 0 atom stereocenters. The molecule has 0 spiro atoms. The van der Waals surface area contributed by atoms with E-state index in [1.165, 1.54) is 0 Å². The molecule has 1 rings (SSSR count). The van der Waals surface area contributed by atoms with Crippen LogP contribution in [0.4, 0.5) is 0 Å². The number of carbonyl (C=O) groups is 1. The molecule has 1 aromatic rings. The molecule has 0 aliphatic rings. The van der Waals surface area contributed by atoms with Gasteiger partial charge in [0.1, 0.15) is 6.54 Å². The summed E-state index contributed by atoms with van der Waals surface area (Å²) in [5.74, 6) is 0.0749. The quantitative estimate of drug-likeness (QED) is 0.732. The van der Waals surface area contributed by atoms with Crippen LogP contribution in [0.1, 0.15) is 19.5 Å². The van der Waals surface area contributed by atoms with Crippen LogP contribution in [0.15, 0.2) is 6.20 Å². The fraction of sp³-hybridized carbons (Fsp3) is 0.700. The summed E-state index contributed by atoms with van der Waals surface area (Å²) in [6.45, 7) is 6.32. The predicted octanol–water partition coefficient (Wildman–Crippen LogP) is -0.134. The van der Waals surface area contributed by atoms with Gasteiger partial charge in [0, 0.05) is 19.6 Å². The van der Waals surface area contributed by atoms with Crippen molar-refractivity contribution in [2.75, 3.05) is 20.1 Å². The highest BCUT2D eigenvalue weighted by Crippen LogP contribution is 1.95. The van der Waals surface area contributed by atoms with E-state index in [2.05, 4.69) is 15.6 Å². The van der Waals surface area contributed by atoms with Gasteiger partial charge < -0.3 is 10.2 Å². The molecule has 6 nitrogen and oxygen atoms in total. The minimum absolute atomic E-state index is 0.0749. The van der Waals surface area contributed by atoms with Crippen molar-refractivity contribution < 1.29 is 4.79 Å². The minimum atomic E-state index is 0.0749. The Morgan fingerprint density at radius 1 is 1.50 bits per heavy atom. The molecule has 0 aromatic carbocycles. The maximum absolute atomic E-state index is 11.8. The van der Waals surface area contributed by atoms with Crippen LogP contribution in [0, 0.1) is 0 Å². The van der Waals surface area contributed by atoms with Crippen molar-refractivity contribution >= 4 is 5.91 Å². The molecule has 0 unspecified atom stereocenters. The lowest BCUT2D eigenvalue weighted by atomic mass is 10.4.